The molecule has 2 aromatic heterocycles. The van der Waals surface area contributed by atoms with E-state index >= 15 is 0 Å². The predicted molar refractivity (Wildman–Crippen MR) is 134 cm³/mol. The van der Waals surface area contributed by atoms with Gasteiger partial charge in [-0.25, -0.2) is 4.98 Å². The zero-order valence-electron chi connectivity index (χ0n) is 20.6. The number of aryl methyl sites for hydroxylation is 2. The van der Waals surface area contributed by atoms with Crippen molar-refractivity contribution in [2.24, 2.45) is 18.4 Å². The quantitative estimate of drug-likeness (QED) is 0.548. The molecule has 1 aromatic carbocycles. The van der Waals surface area contributed by atoms with Crippen molar-refractivity contribution in [3.63, 3.8) is 0 Å². The van der Waals surface area contributed by atoms with Gasteiger partial charge < -0.3 is 15.0 Å². The number of aromatic nitrogens is 3. The van der Waals surface area contributed by atoms with Crippen LogP contribution in [-0.4, -0.2) is 40.2 Å². The number of hydrogen-bond acceptors (Lipinski definition) is 6. The molecule has 2 fully saturated rings. The molecule has 3 aromatic rings. The van der Waals surface area contributed by atoms with Crippen LogP contribution in [0.5, 0.6) is 5.75 Å². The molecular weight excluding hydrogens is 456 g/mol. The standard InChI is InChI=1S/C27H28N6O3/c1-17-8-22(33-7-6-27(16-28,26(33)35)21-4-5-21)13-24(30-17)31-25(34)11-18-9-19(12-23(10-18)36-3)20-14-29-32(2)15-20/h8-10,12-15,21H,4-7,11H2,1-3H3,(H,30,31,34)/t27-/m1/s1. The van der Waals surface area contributed by atoms with Gasteiger partial charge in [0, 0.05) is 42.8 Å². The number of benzene rings is 1. The number of nitrogens with zero attached hydrogens (tertiary/aromatic N) is 5. The lowest BCUT2D eigenvalue weighted by Crippen LogP contribution is -2.35. The maximum Gasteiger partial charge on any atom is 0.247 e. The summed E-state index contributed by atoms with van der Waals surface area (Å²) in [6.07, 6.45) is 6.18. The van der Waals surface area contributed by atoms with E-state index in [1.165, 1.54) is 0 Å². The zero-order chi connectivity index (χ0) is 25.4. The van der Waals surface area contributed by atoms with Crippen molar-refractivity contribution in [3.8, 4) is 22.9 Å². The molecule has 0 unspecified atom stereocenters. The second-order valence-corrected chi connectivity index (χ2v) is 9.61. The zero-order valence-corrected chi connectivity index (χ0v) is 20.6. The lowest BCUT2D eigenvalue weighted by atomic mass is 9.83. The molecule has 3 heterocycles. The van der Waals surface area contributed by atoms with Gasteiger partial charge in [0.2, 0.25) is 11.8 Å². The lowest BCUT2D eigenvalue weighted by molar-refractivity contribution is -0.123. The normalized spacial score (nSPS) is 19.3. The first-order valence-corrected chi connectivity index (χ1v) is 12.0. The molecule has 0 spiro atoms. The highest BCUT2D eigenvalue weighted by molar-refractivity contribution is 6.02. The minimum absolute atomic E-state index is 0.122. The summed E-state index contributed by atoms with van der Waals surface area (Å²) >= 11 is 0. The first-order chi connectivity index (χ1) is 17.3. The fourth-order valence-corrected chi connectivity index (χ4v) is 4.99. The molecule has 1 saturated heterocycles. The van der Waals surface area contributed by atoms with Crippen LogP contribution in [0.25, 0.3) is 11.1 Å². The van der Waals surface area contributed by atoms with Gasteiger partial charge in [-0.05, 0) is 61.4 Å². The van der Waals surface area contributed by atoms with Crippen LogP contribution >= 0.6 is 0 Å². The molecule has 1 N–H and O–H groups in total. The topological polar surface area (TPSA) is 113 Å². The van der Waals surface area contributed by atoms with Gasteiger partial charge in [-0.15, -0.1) is 0 Å². The molecule has 1 aliphatic heterocycles. The number of nitrogens with one attached hydrogen (secondary N) is 1. The van der Waals surface area contributed by atoms with E-state index in [1.54, 1.807) is 29.0 Å². The Morgan fingerprint density at radius 1 is 1.25 bits per heavy atom. The summed E-state index contributed by atoms with van der Waals surface area (Å²) in [7, 11) is 3.44. The van der Waals surface area contributed by atoms with Crippen molar-refractivity contribution in [2.45, 2.75) is 32.6 Å². The summed E-state index contributed by atoms with van der Waals surface area (Å²) in [6.45, 7) is 2.31. The van der Waals surface area contributed by atoms with E-state index in [9.17, 15) is 14.9 Å². The third kappa shape index (κ3) is 4.42. The molecule has 0 bridgehead atoms. The van der Waals surface area contributed by atoms with Crippen molar-refractivity contribution >= 4 is 23.3 Å². The van der Waals surface area contributed by atoms with E-state index in [0.29, 0.717) is 35.9 Å². The van der Waals surface area contributed by atoms with Crippen LogP contribution in [0.4, 0.5) is 11.5 Å². The molecular formula is C27H28N6O3. The fourth-order valence-electron chi connectivity index (χ4n) is 4.99. The number of hydrogen-bond donors (Lipinski definition) is 1. The minimum Gasteiger partial charge on any atom is -0.497 e. The number of ether oxygens (including phenoxy) is 1. The van der Waals surface area contributed by atoms with Crippen molar-refractivity contribution < 1.29 is 14.3 Å². The Morgan fingerprint density at radius 3 is 2.72 bits per heavy atom. The molecule has 9 nitrogen and oxygen atoms in total. The van der Waals surface area contributed by atoms with Gasteiger partial charge in [0.15, 0.2) is 0 Å². The number of carbonyl (C=O) groups is 2. The monoisotopic (exact) mass is 484 g/mol. The summed E-state index contributed by atoms with van der Waals surface area (Å²) in [6, 6.07) is 11.5. The molecule has 1 saturated carbocycles. The summed E-state index contributed by atoms with van der Waals surface area (Å²) in [5.41, 5.74) is 3.04. The first kappa shape index (κ1) is 23.5. The van der Waals surface area contributed by atoms with E-state index < -0.39 is 5.41 Å². The van der Waals surface area contributed by atoms with E-state index in [4.69, 9.17) is 4.74 Å². The van der Waals surface area contributed by atoms with Gasteiger partial charge in [0.25, 0.3) is 0 Å². The van der Waals surface area contributed by atoms with Gasteiger partial charge >= 0.3 is 0 Å². The predicted octanol–water partition coefficient (Wildman–Crippen LogP) is 3.64. The number of pyridine rings is 1. The maximum absolute atomic E-state index is 13.2. The van der Waals surface area contributed by atoms with Crippen LogP contribution in [-0.2, 0) is 23.1 Å². The molecule has 5 rings (SSSR count). The number of amides is 2. The Labute approximate surface area is 209 Å². The molecule has 0 radical (unpaired) electrons. The minimum atomic E-state index is -0.918. The Bertz CT molecular complexity index is 1390. The second-order valence-electron chi connectivity index (χ2n) is 9.61. The van der Waals surface area contributed by atoms with E-state index in [1.807, 2.05) is 44.4 Å². The highest BCUT2D eigenvalue weighted by Gasteiger charge is 2.56. The smallest absolute Gasteiger partial charge is 0.247 e. The summed E-state index contributed by atoms with van der Waals surface area (Å²) in [5.74, 6) is 0.802. The van der Waals surface area contributed by atoms with Crippen LogP contribution in [0.15, 0.2) is 42.7 Å². The molecule has 2 amide bonds. The van der Waals surface area contributed by atoms with E-state index in [0.717, 1.165) is 29.5 Å². The van der Waals surface area contributed by atoms with Crippen molar-refractivity contribution in [1.29, 1.82) is 5.26 Å². The first-order valence-electron chi connectivity index (χ1n) is 12.0. The molecule has 9 heteroatoms. The molecule has 1 atom stereocenters. The highest BCUT2D eigenvalue weighted by atomic mass is 16.5. The lowest BCUT2D eigenvalue weighted by Gasteiger charge is -2.21. The van der Waals surface area contributed by atoms with Crippen molar-refractivity contribution in [3.05, 3.63) is 54.0 Å². The fraction of sp³-hybridized carbons (Fsp3) is 0.370. The van der Waals surface area contributed by atoms with Crippen molar-refractivity contribution in [2.75, 3.05) is 23.9 Å². The molecule has 184 valence electrons. The number of carbonyl (C=O) groups excluding carboxylic acids is 2. The van der Waals surface area contributed by atoms with Gasteiger partial charge in [-0.3, -0.25) is 14.3 Å². The van der Waals surface area contributed by atoms with Crippen LogP contribution in [0, 0.1) is 29.6 Å². The highest BCUT2D eigenvalue weighted by Crippen LogP contribution is 2.52. The second kappa shape index (κ2) is 9.11. The Hall–Kier alpha value is -4.19. The number of anilines is 2. The number of nitriles is 1. The van der Waals surface area contributed by atoms with E-state index in [-0.39, 0.29) is 24.2 Å². The average Bonchev–Trinajstić information content (AvgIpc) is 3.52. The SMILES string of the molecule is COc1cc(CC(=O)Nc2cc(N3CC[C@@](C#N)(C4CC4)C3=O)cc(C)n2)cc(-c2cnn(C)c2)c1. The Morgan fingerprint density at radius 2 is 2.06 bits per heavy atom. The number of rotatable bonds is 7. The largest absolute Gasteiger partial charge is 0.497 e. The van der Waals surface area contributed by atoms with Gasteiger partial charge in [-0.2, -0.15) is 10.4 Å². The summed E-state index contributed by atoms with van der Waals surface area (Å²) in [4.78, 5) is 32.3. The van der Waals surface area contributed by atoms with Gasteiger partial charge in [0.1, 0.15) is 17.0 Å². The molecule has 2 aliphatic rings. The average molecular weight is 485 g/mol. The molecule has 36 heavy (non-hydrogen) atoms. The Kier molecular flexibility index (Phi) is 5.96. The van der Waals surface area contributed by atoms with Gasteiger partial charge in [0.05, 0.1) is 25.8 Å². The summed E-state index contributed by atoms with van der Waals surface area (Å²) in [5, 5.41) is 16.9. The van der Waals surface area contributed by atoms with Gasteiger partial charge in [-0.1, -0.05) is 6.07 Å². The van der Waals surface area contributed by atoms with Crippen LogP contribution in [0.1, 0.15) is 30.5 Å². The molecule has 1 aliphatic carbocycles. The third-order valence-corrected chi connectivity index (χ3v) is 6.95. The van der Waals surface area contributed by atoms with Crippen LogP contribution in [0.3, 0.4) is 0 Å². The number of methoxy groups -OCH3 is 1. The van der Waals surface area contributed by atoms with Crippen molar-refractivity contribution in [1.82, 2.24) is 14.8 Å². The van der Waals surface area contributed by atoms with Crippen LogP contribution < -0.4 is 15.0 Å². The van der Waals surface area contributed by atoms with E-state index in [2.05, 4.69) is 21.5 Å². The van der Waals surface area contributed by atoms with Crippen LogP contribution in [0.2, 0.25) is 0 Å². The third-order valence-electron chi connectivity index (χ3n) is 6.95. The Balaban J connectivity index is 1.34. The summed E-state index contributed by atoms with van der Waals surface area (Å²) < 4.78 is 7.16. The maximum atomic E-state index is 13.2.